The van der Waals surface area contributed by atoms with E-state index in [0.717, 1.165) is 18.8 Å². The average Bonchev–Trinajstić information content (AvgIpc) is 2.36. The second-order valence-corrected chi connectivity index (χ2v) is 3.17. The lowest BCUT2D eigenvalue weighted by Crippen LogP contribution is -2.29. The Labute approximate surface area is 78.4 Å². The standard InChI is InChI=1S/C8H14N2OS/c1-9-5-6-10(8(9)11)4-2-3-7-12/h2-3,12H,4-7H2,1H3. The molecule has 3 nitrogen and oxygen atoms in total. The highest BCUT2D eigenvalue weighted by Crippen LogP contribution is 2.04. The molecule has 0 spiro atoms. The summed E-state index contributed by atoms with van der Waals surface area (Å²) in [6.45, 7) is 2.39. The molecule has 1 rings (SSSR count). The summed E-state index contributed by atoms with van der Waals surface area (Å²) in [4.78, 5) is 14.8. The van der Waals surface area contributed by atoms with Gasteiger partial charge < -0.3 is 9.80 Å². The predicted octanol–water partition coefficient (Wildman–Crippen LogP) is 0.840. The number of rotatable bonds is 3. The van der Waals surface area contributed by atoms with E-state index in [1.807, 2.05) is 24.1 Å². The molecule has 0 saturated carbocycles. The minimum Gasteiger partial charge on any atom is -0.326 e. The number of likely N-dealkylation sites (N-methyl/N-ethyl adjacent to an activating group) is 1. The molecule has 68 valence electrons. The fourth-order valence-electron chi connectivity index (χ4n) is 1.15. The van der Waals surface area contributed by atoms with Crippen molar-refractivity contribution in [2.24, 2.45) is 0 Å². The quantitative estimate of drug-likeness (QED) is 0.512. The maximum absolute atomic E-state index is 11.3. The maximum Gasteiger partial charge on any atom is 0.320 e. The highest BCUT2D eigenvalue weighted by molar-refractivity contribution is 7.80. The van der Waals surface area contributed by atoms with Gasteiger partial charge in [0.2, 0.25) is 0 Å². The van der Waals surface area contributed by atoms with E-state index < -0.39 is 0 Å². The molecule has 1 heterocycles. The first-order valence-corrected chi connectivity index (χ1v) is 4.65. The van der Waals surface area contributed by atoms with Gasteiger partial charge in [-0.05, 0) is 0 Å². The number of hydrogen-bond donors (Lipinski definition) is 1. The van der Waals surface area contributed by atoms with E-state index in [1.165, 1.54) is 0 Å². The molecule has 0 N–H and O–H groups in total. The summed E-state index contributed by atoms with van der Waals surface area (Å²) in [6.07, 6.45) is 3.93. The zero-order valence-electron chi connectivity index (χ0n) is 7.23. The van der Waals surface area contributed by atoms with Crippen molar-refractivity contribution in [3.05, 3.63) is 12.2 Å². The average molecular weight is 186 g/mol. The summed E-state index contributed by atoms with van der Waals surface area (Å²) in [6, 6.07) is 0.124. The monoisotopic (exact) mass is 186 g/mol. The molecule has 0 atom stereocenters. The van der Waals surface area contributed by atoms with Gasteiger partial charge in [-0.1, -0.05) is 12.2 Å². The molecule has 0 aromatic rings. The van der Waals surface area contributed by atoms with E-state index in [-0.39, 0.29) is 6.03 Å². The lowest BCUT2D eigenvalue weighted by Gasteiger charge is -2.12. The fourth-order valence-corrected chi connectivity index (χ4v) is 1.30. The van der Waals surface area contributed by atoms with Crippen LogP contribution in [0, 0.1) is 0 Å². The number of carbonyl (C=O) groups is 1. The van der Waals surface area contributed by atoms with Gasteiger partial charge in [-0.25, -0.2) is 4.79 Å². The number of carbonyl (C=O) groups excluding carboxylic acids is 1. The lowest BCUT2D eigenvalue weighted by atomic mass is 10.5. The number of hydrogen-bond acceptors (Lipinski definition) is 2. The summed E-state index contributed by atoms with van der Waals surface area (Å²) in [5, 5.41) is 0. The molecule has 4 heteroatoms. The van der Waals surface area contributed by atoms with Crippen LogP contribution in [0.15, 0.2) is 12.2 Å². The third-order valence-electron chi connectivity index (χ3n) is 1.90. The minimum atomic E-state index is 0.124. The van der Waals surface area contributed by atoms with Gasteiger partial charge in [-0.2, -0.15) is 12.6 Å². The van der Waals surface area contributed by atoms with E-state index in [4.69, 9.17) is 0 Å². The number of nitrogens with zero attached hydrogens (tertiary/aromatic N) is 2. The van der Waals surface area contributed by atoms with Gasteiger partial charge in [0.05, 0.1) is 0 Å². The van der Waals surface area contributed by atoms with Crippen molar-refractivity contribution >= 4 is 18.7 Å². The molecule has 1 aliphatic heterocycles. The molecule has 1 saturated heterocycles. The second-order valence-electron chi connectivity index (χ2n) is 2.80. The Morgan fingerprint density at radius 2 is 2.25 bits per heavy atom. The number of urea groups is 1. The zero-order valence-corrected chi connectivity index (χ0v) is 8.13. The summed E-state index contributed by atoms with van der Waals surface area (Å²) in [5.41, 5.74) is 0. The summed E-state index contributed by atoms with van der Waals surface area (Å²) < 4.78 is 0. The van der Waals surface area contributed by atoms with Crippen LogP contribution < -0.4 is 0 Å². The molecule has 0 aromatic carbocycles. The first-order chi connectivity index (χ1) is 5.75. The second kappa shape index (κ2) is 4.40. The van der Waals surface area contributed by atoms with Gasteiger partial charge in [0.1, 0.15) is 0 Å². The number of amides is 2. The van der Waals surface area contributed by atoms with Gasteiger partial charge in [-0.15, -0.1) is 0 Å². The highest BCUT2D eigenvalue weighted by atomic mass is 32.1. The largest absolute Gasteiger partial charge is 0.326 e. The van der Waals surface area contributed by atoms with Crippen LogP contribution in [0.2, 0.25) is 0 Å². The Hall–Kier alpha value is -0.640. The molecule has 0 radical (unpaired) electrons. The molecule has 1 fully saturated rings. The SMILES string of the molecule is CN1CCN(CC=CCS)C1=O. The summed E-state index contributed by atoms with van der Waals surface area (Å²) in [7, 11) is 1.82. The van der Waals surface area contributed by atoms with E-state index in [1.54, 1.807) is 4.90 Å². The van der Waals surface area contributed by atoms with Crippen LogP contribution in [0.5, 0.6) is 0 Å². The van der Waals surface area contributed by atoms with Crippen LogP contribution in [0.3, 0.4) is 0 Å². The molecule has 2 amide bonds. The van der Waals surface area contributed by atoms with Crippen LogP contribution in [0.25, 0.3) is 0 Å². The van der Waals surface area contributed by atoms with E-state index in [9.17, 15) is 4.79 Å². The normalized spacial score (nSPS) is 18.3. The van der Waals surface area contributed by atoms with Crippen molar-refractivity contribution in [1.82, 2.24) is 9.80 Å². The third-order valence-corrected chi connectivity index (χ3v) is 2.11. The Morgan fingerprint density at radius 1 is 1.50 bits per heavy atom. The van der Waals surface area contributed by atoms with Gasteiger partial charge >= 0.3 is 6.03 Å². The minimum absolute atomic E-state index is 0.124. The van der Waals surface area contributed by atoms with Crippen molar-refractivity contribution in [2.75, 3.05) is 32.4 Å². The Bertz CT molecular complexity index is 193. The Morgan fingerprint density at radius 3 is 2.75 bits per heavy atom. The highest BCUT2D eigenvalue weighted by Gasteiger charge is 2.23. The fraction of sp³-hybridized carbons (Fsp3) is 0.625. The van der Waals surface area contributed by atoms with Gasteiger partial charge in [0.25, 0.3) is 0 Å². The van der Waals surface area contributed by atoms with Crippen LogP contribution in [0.4, 0.5) is 4.79 Å². The Balaban J connectivity index is 2.34. The maximum atomic E-state index is 11.3. The topological polar surface area (TPSA) is 23.6 Å². The molecule has 0 aromatic heterocycles. The predicted molar refractivity (Wildman–Crippen MR) is 52.6 cm³/mol. The summed E-state index contributed by atoms with van der Waals surface area (Å²) in [5.74, 6) is 0.734. The van der Waals surface area contributed by atoms with Crippen LogP contribution >= 0.6 is 12.6 Å². The van der Waals surface area contributed by atoms with E-state index in [0.29, 0.717) is 6.54 Å². The molecule has 0 bridgehead atoms. The third kappa shape index (κ3) is 2.17. The summed E-state index contributed by atoms with van der Waals surface area (Å²) >= 11 is 4.04. The van der Waals surface area contributed by atoms with Crippen LogP contribution in [-0.2, 0) is 0 Å². The van der Waals surface area contributed by atoms with Crippen molar-refractivity contribution in [3.63, 3.8) is 0 Å². The van der Waals surface area contributed by atoms with E-state index in [2.05, 4.69) is 12.6 Å². The van der Waals surface area contributed by atoms with Crippen LogP contribution in [-0.4, -0.2) is 48.3 Å². The molecular weight excluding hydrogens is 172 g/mol. The first-order valence-electron chi connectivity index (χ1n) is 4.01. The first kappa shape index (κ1) is 9.45. The zero-order chi connectivity index (χ0) is 8.97. The van der Waals surface area contributed by atoms with Crippen molar-refractivity contribution in [1.29, 1.82) is 0 Å². The van der Waals surface area contributed by atoms with Gasteiger partial charge in [0, 0.05) is 32.4 Å². The molecule has 12 heavy (non-hydrogen) atoms. The van der Waals surface area contributed by atoms with Gasteiger partial charge in [0.15, 0.2) is 0 Å². The van der Waals surface area contributed by atoms with Crippen molar-refractivity contribution in [3.8, 4) is 0 Å². The molecule has 1 aliphatic rings. The smallest absolute Gasteiger partial charge is 0.320 e. The van der Waals surface area contributed by atoms with Crippen molar-refractivity contribution < 1.29 is 4.79 Å². The Kier molecular flexibility index (Phi) is 3.47. The molecule has 0 aliphatic carbocycles. The van der Waals surface area contributed by atoms with E-state index >= 15 is 0 Å². The van der Waals surface area contributed by atoms with Crippen molar-refractivity contribution in [2.45, 2.75) is 0 Å². The molecule has 0 unspecified atom stereocenters. The lowest BCUT2D eigenvalue weighted by molar-refractivity contribution is 0.202. The van der Waals surface area contributed by atoms with Gasteiger partial charge in [-0.3, -0.25) is 0 Å². The molecular formula is C8H14N2OS. The number of thiol groups is 1. The van der Waals surface area contributed by atoms with Crippen LogP contribution in [0.1, 0.15) is 0 Å².